The Morgan fingerprint density at radius 3 is 2.93 bits per heavy atom. The molecule has 2 atom stereocenters. The Morgan fingerprint density at radius 2 is 2.36 bits per heavy atom. The first kappa shape index (κ1) is 11.5. The van der Waals surface area contributed by atoms with Gasteiger partial charge in [0.15, 0.2) is 0 Å². The largest absolute Gasteiger partial charge is 0.393 e. The van der Waals surface area contributed by atoms with Gasteiger partial charge in [-0.2, -0.15) is 0 Å². The number of hydrogen-bond donors (Lipinski definition) is 2. The quantitative estimate of drug-likeness (QED) is 0.665. The van der Waals surface area contributed by atoms with Gasteiger partial charge in [0.2, 0.25) is 5.91 Å². The van der Waals surface area contributed by atoms with Crippen LogP contribution in [0.2, 0.25) is 0 Å². The smallest absolute Gasteiger partial charge is 0.236 e. The molecule has 0 saturated carbocycles. The molecule has 1 aliphatic rings. The number of amides is 1. The molecule has 14 heavy (non-hydrogen) atoms. The zero-order chi connectivity index (χ0) is 10.6. The van der Waals surface area contributed by atoms with Crippen LogP contribution in [0.5, 0.6) is 0 Å². The molecule has 1 aliphatic heterocycles. The van der Waals surface area contributed by atoms with Crippen molar-refractivity contribution >= 4 is 5.91 Å². The number of likely N-dealkylation sites (tertiary alicyclic amines) is 1. The van der Waals surface area contributed by atoms with Crippen LogP contribution in [0.3, 0.4) is 0 Å². The molecule has 0 aromatic heterocycles. The van der Waals surface area contributed by atoms with Gasteiger partial charge >= 0.3 is 0 Å². The van der Waals surface area contributed by atoms with Crippen LogP contribution in [0.25, 0.3) is 0 Å². The molecule has 1 amide bonds. The van der Waals surface area contributed by atoms with Crippen molar-refractivity contribution in [3.8, 4) is 0 Å². The van der Waals surface area contributed by atoms with Crippen molar-refractivity contribution in [2.75, 3.05) is 26.7 Å². The molecule has 2 N–H and O–H groups in total. The number of nitrogens with one attached hydrogen (secondary N) is 1. The maximum Gasteiger partial charge on any atom is 0.236 e. The lowest BCUT2D eigenvalue weighted by Crippen LogP contribution is -2.48. The highest BCUT2D eigenvalue weighted by atomic mass is 16.3. The highest BCUT2D eigenvalue weighted by Gasteiger charge is 2.28. The van der Waals surface area contributed by atoms with E-state index >= 15 is 0 Å². The third kappa shape index (κ3) is 2.69. The van der Waals surface area contributed by atoms with Crippen molar-refractivity contribution in [3.05, 3.63) is 0 Å². The van der Waals surface area contributed by atoms with Crippen molar-refractivity contribution in [3.63, 3.8) is 0 Å². The van der Waals surface area contributed by atoms with E-state index in [2.05, 4.69) is 12.2 Å². The molecule has 1 fully saturated rings. The third-order valence-electron chi connectivity index (χ3n) is 2.90. The zero-order valence-electron chi connectivity index (χ0n) is 8.99. The van der Waals surface area contributed by atoms with E-state index in [-0.39, 0.29) is 17.9 Å². The van der Waals surface area contributed by atoms with Gasteiger partial charge in [-0.25, -0.2) is 0 Å². The van der Waals surface area contributed by atoms with Crippen LogP contribution in [0.15, 0.2) is 0 Å². The van der Waals surface area contributed by atoms with E-state index < -0.39 is 0 Å². The lowest BCUT2D eigenvalue weighted by molar-refractivity contribution is -0.133. The van der Waals surface area contributed by atoms with E-state index in [1.54, 1.807) is 7.05 Å². The van der Waals surface area contributed by atoms with Crippen LogP contribution in [0, 0.1) is 5.92 Å². The number of aliphatic hydroxyl groups is 1. The summed E-state index contributed by atoms with van der Waals surface area (Å²) in [4.78, 5) is 13.4. The lowest BCUT2D eigenvalue weighted by atomic mass is 9.92. The molecule has 4 heteroatoms. The van der Waals surface area contributed by atoms with E-state index in [1.165, 1.54) is 0 Å². The fraction of sp³-hybridized carbons (Fsp3) is 0.900. The SMILES string of the molecule is CC[C@@H]1CN(C(=O)CNC)CC[C@@H]1O. The minimum absolute atomic E-state index is 0.137. The van der Waals surface area contributed by atoms with Gasteiger partial charge in [0, 0.05) is 19.0 Å². The van der Waals surface area contributed by atoms with Crippen LogP contribution >= 0.6 is 0 Å². The molecule has 4 nitrogen and oxygen atoms in total. The number of hydrogen-bond acceptors (Lipinski definition) is 3. The molecule has 82 valence electrons. The van der Waals surface area contributed by atoms with Gasteiger partial charge in [-0.05, 0) is 19.9 Å². The Labute approximate surface area is 85.3 Å². The Morgan fingerprint density at radius 1 is 1.64 bits per heavy atom. The first-order chi connectivity index (χ1) is 6.69. The summed E-state index contributed by atoms with van der Waals surface area (Å²) in [7, 11) is 1.77. The summed E-state index contributed by atoms with van der Waals surface area (Å²) in [5, 5.41) is 12.5. The maximum absolute atomic E-state index is 11.5. The summed E-state index contributed by atoms with van der Waals surface area (Å²) in [6, 6.07) is 0. The molecule has 1 rings (SSSR count). The average Bonchev–Trinajstić information content (AvgIpc) is 2.19. The maximum atomic E-state index is 11.5. The highest BCUT2D eigenvalue weighted by molar-refractivity contribution is 5.78. The van der Waals surface area contributed by atoms with E-state index in [1.807, 2.05) is 4.90 Å². The van der Waals surface area contributed by atoms with Gasteiger partial charge in [-0.15, -0.1) is 0 Å². The number of aliphatic hydroxyl groups excluding tert-OH is 1. The number of likely N-dealkylation sites (N-methyl/N-ethyl adjacent to an activating group) is 1. The second-order valence-corrected chi connectivity index (χ2v) is 3.89. The van der Waals surface area contributed by atoms with E-state index in [4.69, 9.17) is 0 Å². The Hall–Kier alpha value is -0.610. The standard InChI is InChI=1S/C10H20N2O2/c1-3-8-7-12(5-4-9(8)13)10(14)6-11-2/h8-9,11,13H,3-7H2,1-2H3/t8-,9+/m1/s1. The molecule has 0 unspecified atom stereocenters. The molecule has 0 bridgehead atoms. The minimum atomic E-state index is -0.223. The molecule has 0 aromatic rings. The predicted octanol–water partition coefficient (Wildman–Crippen LogP) is -0.175. The first-order valence-corrected chi connectivity index (χ1v) is 5.29. The fourth-order valence-electron chi connectivity index (χ4n) is 1.91. The van der Waals surface area contributed by atoms with Crippen molar-refractivity contribution in [2.24, 2.45) is 5.92 Å². The number of nitrogens with zero attached hydrogens (tertiary/aromatic N) is 1. The Balaban J connectivity index is 2.45. The van der Waals surface area contributed by atoms with E-state index in [0.717, 1.165) is 6.42 Å². The van der Waals surface area contributed by atoms with Gasteiger partial charge in [0.05, 0.1) is 12.6 Å². The van der Waals surface area contributed by atoms with Crippen LogP contribution in [0.4, 0.5) is 0 Å². The summed E-state index contributed by atoms with van der Waals surface area (Å²) >= 11 is 0. The molecule has 0 aromatic carbocycles. The second-order valence-electron chi connectivity index (χ2n) is 3.89. The van der Waals surface area contributed by atoms with E-state index in [9.17, 15) is 9.90 Å². The number of rotatable bonds is 3. The van der Waals surface area contributed by atoms with Crippen molar-refractivity contribution < 1.29 is 9.90 Å². The predicted molar refractivity (Wildman–Crippen MR) is 54.9 cm³/mol. The van der Waals surface area contributed by atoms with Crippen LogP contribution in [-0.2, 0) is 4.79 Å². The van der Waals surface area contributed by atoms with Crippen LogP contribution in [0.1, 0.15) is 19.8 Å². The summed E-state index contributed by atoms with van der Waals surface area (Å²) in [5.41, 5.74) is 0. The zero-order valence-corrected chi connectivity index (χ0v) is 8.99. The topological polar surface area (TPSA) is 52.6 Å². The van der Waals surface area contributed by atoms with Crippen molar-refractivity contribution in [1.82, 2.24) is 10.2 Å². The minimum Gasteiger partial charge on any atom is -0.393 e. The molecule has 1 saturated heterocycles. The molecular formula is C10H20N2O2. The fourth-order valence-corrected chi connectivity index (χ4v) is 1.91. The first-order valence-electron chi connectivity index (χ1n) is 5.29. The Bertz CT molecular complexity index is 197. The number of carbonyl (C=O) groups excluding carboxylic acids is 1. The van der Waals surface area contributed by atoms with Gasteiger partial charge in [0.25, 0.3) is 0 Å². The summed E-state index contributed by atoms with van der Waals surface area (Å²) in [6.45, 7) is 3.85. The van der Waals surface area contributed by atoms with Crippen molar-refractivity contribution in [2.45, 2.75) is 25.9 Å². The molecule has 1 heterocycles. The normalized spacial score (nSPS) is 27.8. The van der Waals surface area contributed by atoms with Gasteiger partial charge < -0.3 is 15.3 Å². The molecule has 0 aliphatic carbocycles. The summed E-state index contributed by atoms with van der Waals surface area (Å²) < 4.78 is 0. The second kappa shape index (κ2) is 5.32. The molecular weight excluding hydrogens is 180 g/mol. The summed E-state index contributed by atoms with van der Waals surface area (Å²) in [5.74, 6) is 0.391. The summed E-state index contributed by atoms with van der Waals surface area (Å²) in [6.07, 6.45) is 1.43. The van der Waals surface area contributed by atoms with Crippen LogP contribution in [-0.4, -0.2) is 48.7 Å². The monoisotopic (exact) mass is 200 g/mol. The molecule has 0 radical (unpaired) electrons. The van der Waals surface area contributed by atoms with Crippen molar-refractivity contribution in [1.29, 1.82) is 0 Å². The number of piperidine rings is 1. The molecule has 0 spiro atoms. The van der Waals surface area contributed by atoms with Gasteiger partial charge in [0.1, 0.15) is 0 Å². The lowest BCUT2D eigenvalue weighted by Gasteiger charge is -2.35. The number of carbonyl (C=O) groups is 1. The van der Waals surface area contributed by atoms with Gasteiger partial charge in [-0.1, -0.05) is 6.92 Å². The van der Waals surface area contributed by atoms with E-state index in [0.29, 0.717) is 26.1 Å². The average molecular weight is 200 g/mol. The third-order valence-corrected chi connectivity index (χ3v) is 2.90. The van der Waals surface area contributed by atoms with Crippen LogP contribution < -0.4 is 5.32 Å². The Kier molecular flexibility index (Phi) is 4.35. The highest BCUT2D eigenvalue weighted by Crippen LogP contribution is 2.19. The van der Waals surface area contributed by atoms with Gasteiger partial charge in [-0.3, -0.25) is 4.79 Å².